The smallest absolute Gasteiger partial charge is 0.221 e. The topological polar surface area (TPSA) is 97.4 Å². The maximum absolute atomic E-state index is 11.2. The van der Waals surface area contributed by atoms with Gasteiger partial charge in [0, 0.05) is 24.4 Å². The molecule has 1 heterocycles. The van der Waals surface area contributed by atoms with Gasteiger partial charge in [0.2, 0.25) is 11.7 Å². The minimum absolute atomic E-state index is 0.130. The molecule has 1 amide bonds. The first-order valence-electron chi connectivity index (χ1n) is 12.2. The maximum Gasteiger partial charge on any atom is 0.221 e. The molecule has 4 rings (SSSR count). The molecule has 1 aromatic heterocycles. The zero-order valence-corrected chi connectivity index (χ0v) is 20.8. The first-order valence-corrected chi connectivity index (χ1v) is 12.2. The summed E-state index contributed by atoms with van der Waals surface area (Å²) in [7, 11) is 0. The normalized spacial score (nSPS) is 10.6. The van der Waals surface area contributed by atoms with Crippen molar-refractivity contribution in [1.29, 1.82) is 0 Å². The Hall–Kier alpha value is -4.33. The second-order valence-electron chi connectivity index (χ2n) is 8.37. The van der Waals surface area contributed by atoms with Gasteiger partial charge in [-0.1, -0.05) is 38.5 Å². The summed E-state index contributed by atoms with van der Waals surface area (Å²) in [6.45, 7) is 6.38. The van der Waals surface area contributed by atoms with Crippen molar-refractivity contribution in [3.05, 3.63) is 72.3 Å². The van der Waals surface area contributed by atoms with Gasteiger partial charge in [0.1, 0.15) is 5.75 Å². The van der Waals surface area contributed by atoms with E-state index in [4.69, 9.17) is 19.5 Å². The molecule has 0 radical (unpaired) electrons. The van der Waals surface area contributed by atoms with Crippen molar-refractivity contribution in [2.45, 2.75) is 40.0 Å². The van der Waals surface area contributed by atoms with E-state index in [1.165, 1.54) is 12.5 Å². The Bertz CT molecular complexity index is 1320. The highest BCUT2D eigenvalue weighted by atomic mass is 16.6. The molecular weight excluding hydrogens is 454 g/mol. The van der Waals surface area contributed by atoms with Crippen LogP contribution in [0.2, 0.25) is 0 Å². The predicted molar refractivity (Wildman–Crippen MR) is 144 cm³/mol. The van der Waals surface area contributed by atoms with Crippen molar-refractivity contribution < 1.29 is 14.4 Å². The molecule has 0 fully saturated rings. The lowest BCUT2D eigenvalue weighted by atomic mass is 10.1. The Morgan fingerprint density at radius 1 is 0.861 bits per heavy atom. The number of hydrogen-bond acceptors (Lipinski definition) is 7. The Kier molecular flexibility index (Phi) is 8.18. The van der Waals surface area contributed by atoms with Crippen molar-refractivity contribution >= 4 is 40.0 Å². The van der Waals surface area contributed by atoms with Gasteiger partial charge in [-0.2, -0.15) is 0 Å². The number of nitrogens with zero attached hydrogens (tertiary/aromatic N) is 2. The van der Waals surface area contributed by atoms with Gasteiger partial charge >= 0.3 is 0 Å². The molecular formula is C28H31N5O3. The zero-order valence-electron chi connectivity index (χ0n) is 20.8. The van der Waals surface area contributed by atoms with Gasteiger partial charge in [0.15, 0.2) is 11.6 Å². The summed E-state index contributed by atoms with van der Waals surface area (Å²) in [5.41, 5.74) is 7.14. The lowest BCUT2D eigenvalue weighted by Gasteiger charge is -2.16. The summed E-state index contributed by atoms with van der Waals surface area (Å²) in [5, 5.41) is 6.11. The number of carbonyl (C=O) groups excluding carboxylic acids is 1. The molecule has 0 unspecified atom stereocenters. The fourth-order valence-corrected chi connectivity index (χ4v) is 3.67. The van der Waals surface area contributed by atoms with Crippen LogP contribution in [0.1, 0.15) is 39.2 Å². The van der Waals surface area contributed by atoms with Crippen LogP contribution in [0.3, 0.4) is 0 Å². The Morgan fingerprint density at radius 3 is 2.22 bits per heavy atom. The summed E-state index contributed by atoms with van der Waals surface area (Å²) in [6.07, 6.45) is 2.94. The van der Waals surface area contributed by atoms with Crippen LogP contribution < -0.4 is 25.7 Å². The second kappa shape index (κ2) is 11.9. The minimum atomic E-state index is -0.130. The van der Waals surface area contributed by atoms with E-state index in [2.05, 4.69) is 36.0 Å². The van der Waals surface area contributed by atoms with Crippen LogP contribution in [0, 0.1) is 0 Å². The van der Waals surface area contributed by atoms with Gasteiger partial charge in [-0.3, -0.25) is 4.79 Å². The summed E-state index contributed by atoms with van der Waals surface area (Å²) in [4.78, 5) is 26.5. The van der Waals surface area contributed by atoms with E-state index < -0.39 is 0 Å². The number of amides is 1. The number of fused-ring (bicyclic) bond motifs is 1. The van der Waals surface area contributed by atoms with Crippen LogP contribution in [0.25, 0.3) is 11.0 Å². The standard InChI is InChI=1S/C28H31N5O3/c1-4-8-20-11-12-22(18-26(20)35-17-5-2)30-27-28(32-25-10-7-6-9-24(25)31-27)33-36-23-15-13-21(14-16-23)29-19(3)34/h6-7,9-16,18H,4-5,8,17H2,1-3H3,(H,29,34)(H,30,31)(H,32,33). The third kappa shape index (κ3) is 6.41. The van der Waals surface area contributed by atoms with Crippen LogP contribution in [0.5, 0.6) is 11.5 Å². The summed E-state index contributed by atoms with van der Waals surface area (Å²) in [6, 6.07) is 20.8. The molecule has 8 heteroatoms. The highest BCUT2D eigenvalue weighted by Crippen LogP contribution is 2.30. The Balaban J connectivity index is 1.59. The van der Waals surface area contributed by atoms with E-state index in [1.54, 1.807) is 24.3 Å². The predicted octanol–water partition coefficient (Wildman–Crippen LogP) is 6.48. The number of anilines is 4. The first kappa shape index (κ1) is 24.8. The molecule has 0 saturated carbocycles. The molecule has 4 aromatic rings. The van der Waals surface area contributed by atoms with Crippen LogP contribution in [-0.4, -0.2) is 22.5 Å². The van der Waals surface area contributed by atoms with E-state index in [0.717, 1.165) is 41.7 Å². The number of nitrogens with one attached hydrogen (secondary N) is 3. The fourth-order valence-electron chi connectivity index (χ4n) is 3.67. The molecule has 8 nitrogen and oxygen atoms in total. The van der Waals surface area contributed by atoms with E-state index >= 15 is 0 Å². The quantitative estimate of drug-likeness (QED) is 0.209. The van der Waals surface area contributed by atoms with Gasteiger partial charge in [0.25, 0.3) is 0 Å². The van der Waals surface area contributed by atoms with Gasteiger partial charge in [-0.05, 0) is 60.9 Å². The molecule has 3 aromatic carbocycles. The van der Waals surface area contributed by atoms with E-state index in [0.29, 0.717) is 29.7 Å². The molecule has 0 aliphatic heterocycles. The third-order valence-electron chi connectivity index (χ3n) is 5.32. The third-order valence-corrected chi connectivity index (χ3v) is 5.32. The molecule has 0 aliphatic carbocycles. The zero-order chi connectivity index (χ0) is 25.3. The van der Waals surface area contributed by atoms with E-state index in [1.807, 2.05) is 36.4 Å². The van der Waals surface area contributed by atoms with Gasteiger partial charge in [-0.15, -0.1) is 0 Å². The number of rotatable bonds is 11. The van der Waals surface area contributed by atoms with Crippen molar-refractivity contribution in [2.24, 2.45) is 0 Å². The number of aryl methyl sites for hydroxylation is 1. The van der Waals surface area contributed by atoms with E-state index in [-0.39, 0.29) is 5.91 Å². The molecule has 0 aliphatic rings. The van der Waals surface area contributed by atoms with Crippen molar-refractivity contribution in [1.82, 2.24) is 9.97 Å². The van der Waals surface area contributed by atoms with Crippen LogP contribution >= 0.6 is 0 Å². The summed E-state index contributed by atoms with van der Waals surface area (Å²) in [5.74, 6) is 2.27. The lowest BCUT2D eigenvalue weighted by Crippen LogP contribution is -2.11. The lowest BCUT2D eigenvalue weighted by molar-refractivity contribution is -0.114. The largest absolute Gasteiger partial charge is 0.493 e. The SMILES string of the molecule is CCCOc1cc(Nc2nc3ccccc3nc2NOc2ccc(NC(C)=O)cc2)ccc1CCC. The number of aromatic nitrogens is 2. The number of hydrogen-bond donors (Lipinski definition) is 3. The molecule has 3 N–H and O–H groups in total. The van der Waals surface area contributed by atoms with Crippen molar-refractivity contribution in [3.63, 3.8) is 0 Å². The number of ether oxygens (including phenoxy) is 1. The number of para-hydroxylation sites is 2. The number of carbonyl (C=O) groups is 1. The van der Waals surface area contributed by atoms with Gasteiger partial charge in [0.05, 0.1) is 17.6 Å². The molecule has 36 heavy (non-hydrogen) atoms. The highest BCUT2D eigenvalue weighted by Gasteiger charge is 2.12. The van der Waals surface area contributed by atoms with Crippen LogP contribution in [0.15, 0.2) is 66.7 Å². The average molecular weight is 486 g/mol. The fraction of sp³-hybridized carbons (Fsp3) is 0.250. The van der Waals surface area contributed by atoms with E-state index in [9.17, 15) is 4.79 Å². The average Bonchev–Trinajstić information content (AvgIpc) is 2.88. The summed E-state index contributed by atoms with van der Waals surface area (Å²) >= 11 is 0. The second-order valence-corrected chi connectivity index (χ2v) is 8.37. The van der Waals surface area contributed by atoms with Gasteiger partial charge in [-0.25, -0.2) is 15.4 Å². The Labute approximate surface area is 211 Å². The van der Waals surface area contributed by atoms with Crippen molar-refractivity contribution in [2.75, 3.05) is 22.7 Å². The maximum atomic E-state index is 11.2. The van der Waals surface area contributed by atoms with Crippen molar-refractivity contribution in [3.8, 4) is 11.5 Å². The molecule has 0 saturated heterocycles. The van der Waals surface area contributed by atoms with Crippen LogP contribution in [-0.2, 0) is 11.2 Å². The Morgan fingerprint density at radius 2 is 1.56 bits per heavy atom. The molecule has 0 bridgehead atoms. The minimum Gasteiger partial charge on any atom is -0.493 e. The number of benzene rings is 3. The molecule has 0 atom stereocenters. The molecule has 0 spiro atoms. The van der Waals surface area contributed by atoms with Gasteiger partial charge < -0.3 is 20.2 Å². The van der Waals surface area contributed by atoms with Crippen LogP contribution in [0.4, 0.5) is 23.0 Å². The monoisotopic (exact) mass is 485 g/mol. The summed E-state index contributed by atoms with van der Waals surface area (Å²) < 4.78 is 6.01. The molecule has 186 valence electrons. The highest BCUT2D eigenvalue weighted by molar-refractivity contribution is 5.88. The first-order chi connectivity index (χ1) is 17.6.